The molecule has 1 aliphatic heterocycles. The molecule has 0 bridgehead atoms. The first kappa shape index (κ1) is 18.7. The summed E-state index contributed by atoms with van der Waals surface area (Å²) in [5.41, 5.74) is -0.411. The molecule has 1 amide bonds. The molecule has 1 N–H and O–H groups in total. The number of carbonyl (C=O) groups excluding carboxylic acids is 1. The molecule has 2 aromatic heterocycles. The molecule has 0 aromatic carbocycles. The van der Waals surface area contributed by atoms with Gasteiger partial charge in [0.15, 0.2) is 5.13 Å². The van der Waals surface area contributed by atoms with E-state index in [1.54, 1.807) is 18.6 Å². The lowest BCUT2D eigenvalue weighted by molar-refractivity contribution is -0.117. The molecule has 0 aliphatic carbocycles. The van der Waals surface area contributed by atoms with Crippen molar-refractivity contribution < 1.29 is 13.2 Å². The Labute approximate surface area is 154 Å². The number of amides is 1. The third-order valence-electron chi connectivity index (χ3n) is 4.26. The Morgan fingerprint density at radius 2 is 2.23 bits per heavy atom. The van der Waals surface area contributed by atoms with Gasteiger partial charge >= 0.3 is 5.69 Å². The van der Waals surface area contributed by atoms with Crippen LogP contribution >= 0.6 is 11.3 Å². The van der Waals surface area contributed by atoms with Gasteiger partial charge in [-0.3, -0.25) is 9.36 Å². The SMILES string of the molecule is Cn1c(C2CCCN(S(C)(=O)=O)C2)nn(CC(=O)Nc2nccs2)c1=O. The molecular formula is C14H20N6O4S2. The van der Waals surface area contributed by atoms with Gasteiger partial charge in [0, 0.05) is 37.6 Å². The Hall–Kier alpha value is -2.05. The highest BCUT2D eigenvalue weighted by atomic mass is 32.2. The third-order valence-corrected chi connectivity index (χ3v) is 6.22. The number of rotatable bonds is 5. The van der Waals surface area contributed by atoms with Crippen molar-refractivity contribution in [3.05, 3.63) is 27.9 Å². The molecule has 3 heterocycles. The van der Waals surface area contributed by atoms with Crippen LogP contribution in [0.1, 0.15) is 24.6 Å². The molecular weight excluding hydrogens is 380 g/mol. The van der Waals surface area contributed by atoms with E-state index in [9.17, 15) is 18.0 Å². The summed E-state index contributed by atoms with van der Waals surface area (Å²) in [5, 5.41) is 9.08. The van der Waals surface area contributed by atoms with Crippen LogP contribution in [0.3, 0.4) is 0 Å². The third kappa shape index (κ3) is 4.02. The Balaban J connectivity index is 1.76. The zero-order chi connectivity index (χ0) is 18.9. The maximum Gasteiger partial charge on any atom is 0.346 e. The molecule has 1 atom stereocenters. The molecule has 2 aromatic rings. The van der Waals surface area contributed by atoms with Gasteiger partial charge in [0.1, 0.15) is 12.4 Å². The molecule has 142 valence electrons. The lowest BCUT2D eigenvalue weighted by Gasteiger charge is -2.30. The summed E-state index contributed by atoms with van der Waals surface area (Å²) in [7, 11) is -1.71. The maximum absolute atomic E-state index is 12.4. The fraction of sp³-hybridized carbons (Fsp3) is 0.571. The number of hydrogen-bond donors (Lipinski definition) is 1. The Morgan fingerprint density at radius 1 is 1.46 bits per heavy atom. The number of aromatic nitrogens is 4. The van der Waals surface area contributed by atoms with Crippen LogP contribution in [-0.4, -0.2) is 57.3 Å². The monoisotopic (exact) mass is 400 g/mol. The summed E-state index contributed by atoms with van der Waals surface area (Å²) < 4.78 is 27.5. The van der Waals surface area contributed by atoms with Crippen molar-refractivity contribution in [3.8, 4) is 0 Å². The molecule has 0 spiro atoms. The van der Waals surface area contributed by atoms with Gasteiger partial charge in [0.2, 0.25) is 15.9 Å². The Bertz CT molecular complexity index is 947. The van der Waals surface area contributed by atoms with Crippen LogP contribution in [0.25, 0.3) is 0 Å². The van der Waals surface area contributed by atoms with E-state index in [1.807, 2.05) is 0 Å². The van der Waals surface area contributed by atoms with E-state index in [-0.39, 0.29) is 19.0 Å². The summed E-state index contributed by atoms with van der Waals surface area (Å²) in [5.74, 6) is -0.0852. The number of sulfonamides is 1. The first-order valence-electron chi connectivity index (χ1n) is 8.04. The first-order valence-corrected chi connectivity index (χ1v) is 10.8. The minimum atomic E-state index is -3.29. The number of piperidine rings is 1. The Kier molecular flexibility index (Phi) is 5.25. The average Bonchev–Trinajstić information content (AvgIpc) is 3.18. The predicted molar refractivity (Wildman–Crippen MR) is 96.6 cm³/mol. The van der Waals surface area contributed by atoms with Crippen LogP contribution < -0.4 is 11.0 Å². The summed E-state index contributed by atoms with van der Waals surface area (Å²) in [6.45, 7) is 0.531. The minimum absolute atomic E-state index is 0.181. The van der Waals surface area contributed by atoms with E-state index >= 15 is 0 Å². The second-order valence-electron chi connectivity index (χ2n) is 6.20. The van der Waals surface area contributed by atoms with Crippen molar-refractivity contribution in [2.24, 2.45) is 7.05 Å². The smallest absolute Gasteiger partial charge is 0.300 e. The van der Waals surface area contributed by atoms with E-state index < -0.39 is 21.6 Å². The van der Waals surface area contributed by atoms with Gasteiger partial charge in [-0.05, 0) is 12.8 Å². The molecule has 1 fully saturated rings. The van der Waals surface area contributed by atoms with Gasteiger partial charge < -0.3 is 5.32 Å². The van der Waals surface area contributed by atoms with Gasteiger partial charge in [-0.1, -0.05) is 0 Å². The topological polar surface area (TPSA) is 119 Å². The molecule has 0 radical (unpaired) electrons. The van der Waals surface area contributed by atoms with Crippen molar-refractivity contribution in [2.75, 3.05) is 24.7 Å². The van der Waals surface area contributed by atoms with E-state index in [4.69, 9.17) is 0 Å². The summed E-state index contributed by atoms with van der Waals surface area (Å²) in [6, 6.07) is 0. The number of anilines is 1. The van der Waals surface area contributed by atoms with Gasteiger partial charge in [-0.25, -0.2) is 27.2 Å². The lowest BCUT2D eigenvalue weighted by Crippen LogP contribution is -2.39. The van der Waals surface area contributed by atoms with Crippen LogP contribution in [0, 0.1) is 0 Å². The molecule has 26 heavy (non-hydrogen) atoms. The second kappa shape index (κ2) is 7.29. The lowest BCUT2D eigenvalue weighted by atomic mass is 9.99. The number of carbonyl (C=O) groups is 1. The van der Waals surface area contributed by atoms with Crippen molar-refractivity contribution >= 4 is 32.4 Å². The van der Waals surface area contributed by atoms with Gasteiger partial charge in [-0.2, -0.15) is 5.10 Å². The summed E-state index contributed by atoms with van der Waals surface area (Å²) in [4.78, 5) is 28.4. The molecule has 1 unspecified atom stereocenters. The zero-order valence-electron chi connectivity index (χ0n) is 14.5. The van der Waals surface area contributed by atoms with Gasteiger partial charge in [0.05, 0.1) is 6.26 Å². The van der Waals surface area contributed by atoms with E-state index in [1.165, 1.54) is 26.5 Å². The van der Waals surface area contributed by atoms with E-state index in [2.05, 4.69) is 15.4 Å². The van der Waals surface area contributed by atoms with Crippen molar-refractivity contribution in [1.82, 2.24) is 23.6 Å². The highest BCUT2D eigenvalue weighted by molar-refractivity contribution is 7.88. The molecule has 1 saturated heterocycles. The largest absolute Gasteiger partial charge is 0.346 e. The van der Waals surface area contributed by atoms with Crippen LogP contribution in [0.15, 0.2) is 16.4 Å². The minimum Gasteiger partial charge on any atom is -0.300 e. The summed E-state index contributed by atoms with van der Waals surface area (Å²) in [6.07, 6.45) is 4.18. The van der Waals surface area contributed by atoms with Crippen LogP contribution in [-0.2, 0) is 28.4 Å². The fourth-order valence-electron chi connectivity index (χ4n) is 3.00. The highest BCUT2D eigenvalue weighted by Crippen LogP contribution is 2.26. The molecule has 12 heteroatoms. The van der Waals surface area contributed by atoms with Gasteiger partial charge in [-0.15, -0.1) is 11.3 Å². The number of nitrogens with one attached hydrogen (secondary N) is 1. The molecule has 1 aliphatic rings. The quantitative estimate of drug-likeness (QED) is 0.743. The van der Waals surface area contributed by atoms with Gasteiger partial charge in [0.25, 0.3) is 0 Å². The normalized spacial score (nSPS) is 18.8. The second-order valence-corrected chi connectivity index (χ2v) is 9.08. The molecule has 3 rings (SSSR count). The fourth-order valence-corrected chi connectivity index (χ4v) is 4.45. The molecule has 0 saturated carbocycles. The predicted octanol–water partition coefficient (Wildman–Crippen LogP) is -0.184. The number of hydrogen-bond acceptors (Lipinski definition) is 7. The number of thiazole rings is 1. The van der Waals surface area contributed by atoms with Crippen LogP contribution in [0.5, 0.6) is 0 Å². The number of nitrogens with zero attached hydrogens (tertiary/aromatic N) is 5. The van der Waals surface area contributed by atoms with Crippen molar-refractivity contribution in [3.63, 3.8) is 0 Å². The van der Waals surface area contributed by atoms with Crippen LogP contribution in [0.4, 0.5) is 5.13 Å². The highest BCUT2D eigenvalue weighted by Gasteiger charge is 2.30. The Morgan fingerprint density at radius 3 is 2.88 bits per heavy atom. The standard InChI is InChI=1S/C14H20N6O4S2/c1-18-12(10-4-3-6-19(8-10)26(2,23)24)17-20(14(18)22)9-11(21)16-13-15-5-7-25-13/h5,7,10H,3-4,6,8-9H2,1-2H3,(H,15,16,21). The summed E-state index contributed by atoms with van der Waals surface area (Å²) >= 11 is 1.28. The maximum atomic E-state index is 12.4. The average molecular weight is 400 g/mol. The first-order chi connectivity index (χ1) is 12.3. The van der Waals surface area contributed by atoms with E-state index in [0.29, 0.717) is 23.9 Å². The van der Waals surface area contributed by atoms with Crippen molar-refractivity contribution in [2.45, 2.75) is 25.3 Å². The molecule has 10 nitrogen and oxygen atoms in total. The van der Waals surface area contributed by atoms with Crippen LogP contribution in [0.2, 0.25) is 0 Å². The zero-order valence-corrected chi connectivity index (χ0v) is 16.1. The van der Waals surface area contributed by atoms with Crippen molar-refractivity contribution in [1.29, 1.82) is 0 Å². The van der Waals surface area contributed by atoms with E-state index in [0.717, 1.165) is 11.1 Å².